The van der Waals surface area contributed by atoms with E-state index in [1.807, 2.05) is 0 Å². The number of piperidine rings is 1. The van der Waals surface area contributed by atoms with Crippen LogP contribution in [0.25, 0.3) is 0 Å². The summed E-state index contributed by atoms with van der Waals surface area (Å²) in [5, 5.41) is 0. The van der Waals surface area contributed by atoms with Crippen LogP contribution in [-0.4, -0.2) is 143 Å². The second kappa shape index (κ2) is 13.7. The van der Waals surface area contributed by atoms with Crippen molar-refractivity contribution in [2.45, 2.75) is 157 Å². The summed E-state index contributed by atoms with van der Waals surface area (Å²) in [5.74, 6) is 1.63. The molecule has 7 unspecified atom stereocenters. The quantitative estimate of drug-likeness (QED) is 0.307. The fraction of sp³-hybridized carbons (Fsp3) is 1.00. The molecule has 44 heavy (non-hydrogen) atoms. The predicted octanol–water partition coefficient (Wildman–Crippen LogP) is 5.82. The lowest BCUT2D eigenvalue weighted by Crippen LogP contribution is -2.65. The molecule has 0 aliphatic carbocycles. The zero-order chi connectivity index (χ0) is 32.1. The summed E-state index contributed by atoms with van der Waals surface area (Å²) in [5.41, 5.74) is 0.674. The van der Waals surface area contributed by atoms with E-state index in [1.54, 1.807) is 0 Å². The minimum Gasteiger partial charge on any atom is -0.300 e. The van der Waals surface area contributed by atoms with Crippen molar-refractivity contribution in [3.05, 3.63) is 0 Å². The molecule has 6 rings (SSSR count). The van der Waals surface area contributed by atoms with Crippen LogP contribution in [0.2, 0.25) is 0 Å². The molecule has 2 bridgehead atoms. The Morgan fingerprint density at radius 1 is 0.568 bits per heavy atom. The molecule has 0 radical (unpaired) electrons. The lowest BCUT2D eigenvalue weighted by atomic mass is 9.60. The summed E-state index contributed by atoms with van der Waals surface area (Å²) in [7, 11) is 0. The molecule has 0 aromatic carbocycles. The summed E-state index contributed by atoms with van der Waals surface area (Å²) < 4.78 is 0. The Labute approximate surface area is 274 Å². The fourth-order valence-corrected chi connectivity index (χ4v) is 11.0. The molecule has 6 heteroatoms. The van der Waals surface area contributed by atoms with Crippen LogP contribution >= 0.6 is 0 Å². The van der Waals surface area contributed by atoms with Crippen molar-refractivity contribution in [2.24, 2.45) is 22.7 Å². The van der Waals surface area contributed by atoms with Gasteiger partial charge in [-0.25, -0.2) is 0 Å². The van der Waals surface area contributed by atoms with Crippen LogP contribution < -0.4 is 0 Å². The molecule has 6 nitrogen and oxygen atoms in total. The molecular weight excluding hydrogens is 540 g/mol. The second-order valence-corrected chi connectivity index (χ2v) is 18.2. The summed E-state index contributed by atoms with van der Waals surface area (Å²) >= 11 is 0. The smallest absolute Gasteiger partial charge is 0.0277 e. The van der Waals surface area contributed by atoms with Gasteiger partial charge in [-0.15, -0.1) is 0 Å². The van der Waals surface area contributed by atoms with Gasteiger partial charge in [0.1, 0.15) is 0 Å². The highest BCUT2D eigenvalue weighted by atomic mass is 15.3. The summed E-state index contributed by atoms with van der Waals surface area (Å²) in [6.07, 6.45) is 5.38. The lowest BCUT2D eigenvalue weighted by molar-refractivity contribution is -0.0829. The van der Waals surface area contributed by atoms with E-state index in [0.717, 1.165) is 11.8 Å². The normalized spacial score (nSPS) is 36.5. The van der Waals surface area contributed by atoms with Crippen LogP contribution in [-0.2, 0) is 0 Å². The van der Waals surface area contributed by atoms with Crippen molar-refractivity contribution in [1.82, 2.24) is 29.4 Å². The van der Waals surface area contributed by atoms with Crippen LogP contribution in [0.15, 0.2) is 0 Å². The van der Waals surface area contributed by atoms with E-state index in [1.165, 1.54) is 91.1 Å². The average Bonchev–Trinajstić information content (AvgIpc) is 3.27. The van der Waals surface area contributed by atoms with E-state index >= 15 is 0 Å². The molecule has 6 aliphatic heterocycles. The van der Waals surface area contributed by atoms with Gasteiger partial charge in [-0.2, -0.15) is 0 Å². The van der Waals surface area contributed by atoms with Crippen LogP contribution in [0.5, 0.6) is 0 Å². The number of nitrogens with zero attached hydrogens (tertiary/aromatic N) is 6. The minimum atomic E-state index is 0.332. The van der Waals surface area contributed by atoms with Gasteiger partial charge in [0.05, 0.1) is 0 Å². The molecule has 0 N–H and O–H groups in total. The first kappa shape index (κ1) is 35.1. The molecule has 0 spiro atoms. The topological polar surface area (TPSA) is 19.4 Å². The molecule has 6 aliphatic rings. The Morgan fingerprint density at radius 3 is 1.77 bits per heavy atom. The number of rotatable bonds is 10. The largest absolute Gasteiger partial charge is 0.300 e. The van der Waals surface area contributed by atoms with E-state index in [0.29, 0.717) is 59.2 Å². The van der Waals surface area contributed by atoms with Crippen LogP contribution in [0.3, 0.4) is 0 Å². The fourth-order valence-electron chi connectivity index (χ4n) is 11.0. The number of hydrogen-bond acceptors (Lipinski definition) is 6. The van der Waals surface area contributed by atoms with Crippen LogP contribution in [0.1, 0.15) is 109 Å². The molecule has 0 saturated carbocycles. The van der Waals surface area contributed by atoms with Crippen molar-refractivity contribution >= 4 is 0 Å². The van der Waals surface area contributed by atoms with E-state index in [4.69, 9.17) is 0 Å². The van der Waals surface area contributed by atoms with Crippen molar-refractivity contribution in [3.63, 3.8) is 0 Å². The standard InChI is InChI=1S/C38H74N6/c1-27(2)39-16-13-17-40(19-18-39)31(9)14-15-32(10)41-20-33-21-43(29(5)6)36(34(33)22-41)38-24-37(11,12)35(44(26-38)30(7)8)23-42(25-38)28(3)4/h27-36H,13-26H2,1-12H3. The third-order valence-electron chi connectivity index (χ3n) is 13.5. The van der Waals surface area contributed by atoms with Gasteiger partial charge in [0.2, 0.25) is 0 Å². The van der Waals surface area contributed by atoms with Gasteiger partial charge in [-0.1, -0.05) is 13.8 Å². The summed E-state index contributed by atoms with van der Waals surface area (Å²) in [6.45, 7) is 42.6. The first-order valence-electron chi connectivity index (χ1n) is 19.1. The molecule has 256 valence electrons. The van der Waals surface area contributed by atoms with E-state index < -0.39 is 0 Å². The zero-order valence-corrected chi connectivity index (χ0v) is 31.4. The molecule has 0 amide bonds. The average molecular weight is 615 g/mol. The highest BCUT2D eigenvalue weighted by molar-refractivity contribution is 5.16. The lowest BCUT2D eigenvalue weighted by Gasteiger charge is -2.58. The minimum absolute atomic E-state index is 0.332. The van der Waals surface area contributed by atoms with E-state index in [2.05, 4.69) is 112 Å². The Bertz CT molecular complexity index is 928. The summed E-state index contributed by atoms with van der Waals surface area (Å²) in [6, 6.07) is 5.25. The molecular formula is C38H74N6. The molecule has 0 aromatic heterocycles. The molecule has 6 fully saturated rings. The zero-order valence-electron chi connectivity index (χ0n) is 31.4. The molecule has 7 atom stereocenters. The van der Waals surface area contributed by atoms with Crippen molar-refractivity contribution < 1.29 is 0 Å². The maximum atomic E-state index is 3.01. The Balaban J connectivity index is 1.30. The maximum Gasteiger partial charge on any atom is 0.0277 e. The van der Waals surface area contributed by atoms with Crippen molar-refractivity contribution in [3.8, 4) is 0 Å². The number of likely N-dealkylation sites (tertiary alicyclic amines) is 2. The Kier molecular flexibility index (Phi) is 10.9. The van der Waals surface area contributed by atoms with Gasteiger partial charge in [-0.3, -0.25) is 29.4 Å². The summed E-state index contributed by atoms with van der Waals surface area (Å²) in [4.78, 5) is 17.3. The monoisotopic (exact) mass is 615 g/mol. The van der Waals surface area contributed by atoms with Gasteiger partial charge in [0, 0.05) is 106 Å². The second-order valence-electron chi connectivity index (χ2n) is 18.2. The van der Waals surface area contributed by atoms with Crippen LogP contribution in [0, 0.1) is 22.7 Å². The van der Waals surface area contributed by atoms with Gasteiger partial charge in [0.25, 0.3) is 0 Å². The van der Waals surface area contributed by atoms with E-state index in [9.17, 15) is 0 Å². The predicted molar refractivity (Wildman–Crippen MR) is 188 cm³/mol. The van der Waals surface area contributed by atoms with Crippen molar-refractivity contribution in [1.29, 1.82) is 0 Å². The van der Waals surface area contributed by atoms with Gasteiger partial charge < -0.3 is 0 Å². The highest BCUT2D eigenvalue weighted by Gasteiger charge is 2.62. The molecule has 6 saturated heterocycles. The van der Waals surface area contributed by atoms with Crippen LogP contribution in [0.4, 0.5) is 0 Å². The van der Waals surface area contributed by atoms with E-state index in [-0.39, 0.29) is 0 Å². The first-order chi connectivity index (χ1) is 20.6. The number of fused-ring (bicyclic) bond motifs is 5. The Hall–Kier alpha value is -0.240. The first-order valence-corrected chi connectivity index (χ1v) is 19.1. The molecule has 0 aromatic rings. The number of hydrogen-bond donors (Lipinski definition) is 0. The SMILES string of the molecule is CC(C)N1CCCN(C(C)CCC(C)N2CC3CN(C(C)C)C(C45CN(C(C)C)CC(N(C(C)C)C4)C(C)(C)C5)C3C2)CC1. The Morgan fingerprint density at radius 2 is 1.16 bits per heavy atom. The van der Waals surface area contributed by atoms with Gasteiger partial charge in [-0.05, 0) is 125 Å². The van der Waals surface area contributed by atoms with Gasteiger partial charge in [0.15, 0.2) is 0 Å². The third-order valence-corrected chi connectivity index (χ3v) is 13.5. The maximum absolute atomic E-state index is 3.01. The third kappa shape index (κ3) is 6.97. The molecule has 6 heterocycles. The van der Waals surface area contributed by atoms with Gasteiger partial charge >= 0.3 is 0 Å². The highest BCUT2D eigenvalue weighted by Crippen LogP contribution is 2.56. The van der Waals surface area contributed by atoms with Crippen molar-refractivity contribution in [2.75, 3.05) is 65.4 Å².